The highest BCUT2D eigenvalue weighted by Crippen LogP contribution is 2.30. The molecule has 5 amide bonds. The van der Waals surface area contributed by atoms with Gasteiger partial charge in [-0.15, -0.1) is 0 Å². The smallest absolute Gasteiger partial charge is 0.243 e. The van der Waals surface area contributed by atoms with Gasteiger partial charge in [-0.1, -0.05) is 6.07 Å². The summed E-state index contributed by atoms with van der Waals surface area (Å²) in [7, 11) is 0. The number of nitrogens with two attached hydrogens (primary N) is 3. The van der Waals surface area contributed by atoms with Crippen molar-refractivity contribution in [1.82, 2.24) is 15.1 Å². The molecular weight excluding hydrogens is 547 g/mol. The van der Waals surface area contributed by atoms with E-state index in [9.17, 15) is 24.0 Å². The van der Waals surface area contributed by atoms with E-state index < -0.39 is 47.6 Å². The summed E-state index contributed by atoms with van der Waals surface area (Å²) in [6.45, 7) is 3.64. The largest absolute Gasteiger partial charge is 0.488 e. The molecule has 232 valence electrons. The number of carbonyl (C=O) groups excluding carboxylic acids is 5. The summed E-state index contributed by atoms with van der Waals surface area (Å²) < 4.78 is 21.1. The maximum absolute atomic E-state index is 15.3. The molecule has 4 atom stereocenters. The average molecular weight is 591 g/mol. The Hall–Kier alpha value is -3.74. The van der Waals surface area contributed by atoms with Crippen LogP contribution in [0.3, 0.4) is 0 Å². The summed E-state index contributed by atoms with van der Waals surface area (Å²) in [5, 5.41) is 2.88. The minimum Gasteiger partial charge on any atom is -0.488 e. The van der Waals surface area contributed by atoms with E-state index in [4.69, 9.17) is 21.9 Å². The first kappa shape index (κ1) is 32.8. The molecule has 0 aromatic heterocycles. The first-order valence-corrected chi connectivity index (χ1v) is 14.5. The molecule has 2 aliphatic rings. The van der Waals surface area contributed by atoms with Gasteiger partial charge in [-0.05, 0) is 69.1 Å². The number of ether oxygens (including phenoxy) is 1. The molecule has 0 bridgehead atoms. The van der Waals surface area contributed by atoms with Crippen molar-refractivity contribution in [2.45, 2.75) is 95.8 Å². The molecule has 2 aliphatic heterocycles. The third-order valence-corrected chi connectivity index (χ3v) is 7.88. The summed E-state index contributed by atoms with van der Waals surface area (Å²) in [4.78, 5) is 64.2. The predicted molar refractivity (Wildman–Crippen MR) is 152 cm³/mol. The minimum atomic E-state index is -0.951. The first-order valence-electron chi connectivity index (χ1n) is 14.5. The lowest BCUT2D eigenvalue weighted by molar-refractivity contribution is -0.144. The standard InChI is InChI=1S/C29H43FN6O6/c1-17-13-19(5-3-4-6-25(32)38)27(30)24(14-17)42-16-20(7-10-26(33)39)34-28(40)23-9-8-21-11-12-35(18(2)37)15-22(31)29(41)36(21)23/h13-14,20-23H,3-12,15-16,31H2,1-2H3,(H2,32,38)(H2,33,39)(H,34,40)/t20-,21+,22-,23-/m0/s1. The highest BCUT2D eigenvalue weighted by molar-refractivity contribution is 5.91. The number of rotatable bonds is 13. The highest BCUT2D eigenvalue weighted by atomic mass is 19.1. The molecule has 1 aromatic rings. The Labute approximate surface area is 245 Å². The summed E-state index contributed by atoms with van der Waals surface area (Å²) in [5.74, 6) is -2.44. The molecule has 0 saturated carbocycles. The number of aryl methyl sites for hydroxylation is 2. The van der Waals surface area contributed by atoms with E-state index in [2.05, 4.69) is 5.32 Å². The van der Waals surface area contributed by atoms with Crippen LogP contribution in [0.25, 0.3) is 0 Å². The van der Waals surface area contributed by atoms with Crippen molar-refractivity contribution in [3.8, 4) is 5.75 Å². The van der Waals surface area contributed by atoms with E-state index in [-0.39, 0.29) is 50.1 Å². The number of unbranched alkanes of at least 4 members (excludes halogenated alkanes) is 1. The number of fused-ring (bicyclic) bond motifs is 1. The Morgan fingerprint density at radius 2 is 1.81 bits per heavy atom. The van der Waals surface area contributed by atoms with Gasteiger partial charge in [0, 0.05) is 38.9 Å². The average Bonchev–Trinajstić information content (AvgIpc) is 3.34. The van der Waals surface area contributed by atoms with Crippen LogP contribution in [0.2, 0.25) is 0 Å². The molecule has 0 aliphatic carbocycles. The first-order chi connectivity index (χ1) is 19.9. The molecule has 3 rings (SSSR count). The molecule has 42 heavy (non-hydrogen) atoms. The third kappa shape index (κ3) is 8.88. The third-order valence-electron chi connectivity index (χ3n) is 7.88. The van der Waals surface area contributed by atoms with Gasteiger partial charge < -0.3 is 37.1 Å². The number of carbonyl (C=O) groups is 5. The second-order valence-corrected chi connectivity index (χ2v) is 11.3. The fourth-order valence-corrected chi connectivity index (χ4v) is 5.66. The molecule has 13 heteroatoms. The Balaban J connectivity index is 1.69. The molecule has 0 unspecified atom stereocenters. The van der Waals surface area contributed by atoms with Gasteiger partial charge in [0.25, 0.3) is 0 Å². The zero-order valence-electron chi connectivity index (χ0n) is 24.4. The molecular formula is C29H43FN6O6. The topological polar surface area (TPSA) is 191 Å². The van der Waals surface area contributed by atoms with E-state index in [0.717, 1.165) is 5.56 Å². The summed E-state index contributed by atoms with van der Waals surface area (Å²) in [6, 6.07) is 0.640. The van der Waals surface area contributed by atoms with Crippen molar-refractivity contribution >= 4 is 29.5 Å². The normalized spacial score (nSPS) is 21.2. The minimum absolute atomic E-state index is 0.0131. The lowest BCUT2D eigenvalue weighted by Gasteiger charge is -2.37. The van der Waals surface area contributed by atoms with Gasteiger partial charge in [-0.25, -0.2) is 4.39 Å². The molecule has 0 radical (unpaired) electrons. The van der Waals surface area contributed by atoms with E-state index in [1.807, 2.05) is 6.92 Å². The van der Waals surface area contributed by atoms with E-state index >= 15 is 4.39 Å². The van der Waals surface area contributed by atoms with Crippen LogP contribution in [-0.4, -0.2) is 83.2 Å². The Morgan fingerprint density at radius 3 is 2.48 bits per heavy atom. The predicted octanol–water partition coefficient (Wildman–Crippen LogP) is 0.400. The monoisotopic (exact) mass is 590 g/mol. The molecule has 0 spiro atoms. The molecule has 2 fully saturated rings. The van der Waals surface area contributed by atoms with Crippen LogP contribution in [0.4, 0.5) is 4.39 Å². The van der Waals surface area contributed by atoms with Crippen LogP contribution in [0.5, 0.6) is 5.75 Å². The number of halogens is 1. The van der Waals surface area contributed by atoms with E-state index in [1.54, 1.807) is 17.0 Å². The second kappa shape index (κ2) is 14.9. The maximum atomic E-state index is 15.3. The fourth-order valence-electron chi connectivity index (χ4n) is 5.66. The summed E-state index contributed by atoms with van der Waals surface area (Å²) in [5.41, 5.74) is 17.9. The van der Waals surface area contributed by atoms with Gasteiger partial charge in [0.05, 0.1) is 6.04 Å². The van der Waals surface area contributed by atoms with Crippen molar-refractivity contribution in [2.75, 3.05) is 19.7 Å². The van der Waals surface area contributed by atoms with Crippen LogP contribution in [0.1, 0.15) is 69.4 Å². The van der Waals surface area contributed by atoms with Crippen LogP contribution in [-0.2, 0) is 30.4 Å². The number of nitrogens with zero attached hydrogens (tertiary/aromatic N) is 2. The number of hydrogen-bond acceptors (Lipinski definition) is 7. The van der Waals surface area contributed by atoms with E-state index in [1.165, 1.54) is 11.8 Å². The Kier molecular flexibility index (Phi) is 11.7. The molecule has 12 nitrogen and oxygen atoms in total. The molecule has 7 N–H and O–H groups in total. The van der Waals surface area contributed by atoms with Crippen molar-refractivity contribution in [2.24, 2.45) is 17.2 Å². The summed E-state index contributed by atoms with van der Waals surface area (Å²) >= 11 is 0. The van der Waals surface area contributed by atoms with Gasteiger partial charge in [0.2, 0.25) is 29.5 Å². The fraction of sp³-hybridized carbons (Fsp3) is 0.621. The van der Waals surface area contributed by atoms with Gasteiger partial charge >= 0.3 is 0 Å². The molecule has 1 aromatic carbocycles. The van der Waals surface area contributed by atoms with Crippen LogP contribution in [0, 0.1) is 12.7 Å². The Morgan fingerprint density at radius 1 is 1.10 bits per heavy atom. The number of amides is 5. The highest BCUT2D eigenvalue weighted by Gasteiger charge is 2.44. The van der Waals surface area contributed by atoms with Gasteiger partial charge in [0.1, 0.15) is 18.7 Å². The molecule has 2 saturated heterocycles. The maximum Gasteiger partial charge on any atom is 0.243 e. The van der Waals surface area contributed by atoms with E-state index in [0.29, 0.717) is 50.6 Å². The Bertz CT molecular complexity index is 1180. The zero-order chi connectivity index (χ0) is 31.0. The van der Waals surface area contributed by atoms with Gasteiger partial charge in [-0.3, -0.25) is 24.0 Å². The van der Waals surface area contributed by atoms with Crippen LogP contribution < -0.4 is 27.3 Å². The van der Waals surface area contributed by atoms with Gasteiger partial charge in [0.15, 0.2) is 11.6 Å². The van der Waals surface area contributed by atoms with Crippen LogP contribution in [0.15, 0.2) is 12.1 Å². The number of benzene rings is 1. The van der Waals surface area contributed by atoms with Crippen molar-refractivity contribution in [3.63, 3.8) is 0 Å². The van der Waals surface area contributed by atoms with Gasteiger partial charge in [-0.2, -0.15) is 0 Å². The summed E-state index contributed by atoms with van der Waals surface area (Å²) in [6.07, 6.45) is 3.42. The number of hydrogen-bond donors (Lipinski definition) is 4. The quantitative estimate of drug-likeness (QED) is 0.239. The SMILES string of the molecule is CC(=O)N1CC[C@H]2CC[C@@H](C(=O)N[C@@H](CCC(N)=O)COc3cc(C)cc(CCCCC(N)=O)c3F)N2C(=O)[C@@H](N)C1. The number of nitrogens with one attached hydrogen (secondary N) is 1. The van der Waals surface area contributed by atoms with Crippen molar-refractivity contribution < 1.29 is 33.1 Å². The lowest BCUT2D eigenvalue weighted by Crippen LogP contribution is -2.59. The number of primary amides is 2. The van der Waals surface area contributed by atoms with Crippen LogP contribution >= 0.6 is 0 Å². The van der Waals surface area contributed by atoms with Crippen molar-refractivity contribution in [3.05, 3.63) is 29.1 Å². The zero-order valence-corrected chi connectivity index (χ0v) is 24.4. The molecule has 2 heterocycles. The van der Waals surface area contributed by atoms with Crippen molar-refractivity contribution in [1.29, 1.82) is 0 Å². The second-order valence-electron chi connectivity index (χ2n) is 11.3. The lowest BCUT2D eigenvalue weighted by atomic mass is 10.0.